The smallest absolute Gasteiger partial charge is 0.338 e. The molecule has 1 aromatic carbocycles. The molecular weight excluding hydrogens is 284 g/mol. The van der Waals surface area contributed by atoms with Crippen LogP contribution < -0.4 is 5.32 Å². The van der Waals surface area contributed by atoms with Crippen LogP contribution in [0.3, 0.4) is 0 Å². The number of esters is 1. The molecule has 0 bridgehead atoms. The van der Waals surface area contributed by atoms with Gasteiger partial charge in [-0.15, -0.1) is 10.2 Å². The van der Waals surface area contributed by atoms with Crippen LogP contribution in [0.25, 0.3) is 0 Å². The maximum atomic E-state index is 11.8. The van der Waals surface area contributed by atoms with Gasteiger partial charge in [-0.2, -0.15) is 0 Å². The van der Waals surface area contributed by atoms with Crippen molar-refractivity contribution >= 4 is 23.5 Å². The molecule has 7 heteroatoms. The first kappa shape index (κ1) is 15.6. The molecule has 1 N–H and O–H groups in total. The summed E-state index contributed by atoms with van der Waals surface area (Å²) in [4.78, 5) is 27.2. The predicted octanol–water partition coefficient (Wildman–Crippen LogP) is 2.58. The summed E-state index contributed by atoms with van der Waals surface area (Å²) in [5, 5.41) is 9.75. The van der Waals surface area contributed by atoms with Crippen LogP contribution in [-0.2, 0) is 9.53 Å². The van der Waals surface area contributed by atoms with Gasteiger partial charge >= 0.3 is 5.97 Å². The second-order valence-electron chi connectivity index (χ2n) is 5.08. The summed E-state index contributed by atoms with van der Waals surface area (Å²) >= 11 is 0. The first-order valence-corrected chi connectivity index (χ1v) is 6.73. The van der Waals surface area contributed by atoms with Crippen molar-refractivity contribution in [3.8, 4) is 0 Å². The summed E-state index contributed by atoms with van der Waals surface area (Å²) in [5.41, 5.74) is 0.997. The van der Waals surface area contributed by atoms with Gasteiger partial charge in [0, 0.05) is 0 Å². The summed E-state index contributed by atoms with van der Waals surface area (Å²) < 4.78 is 5.13. The molecule has 0 spiro atoms. The van der Waals surface area contributed by atoms with Crippen molar-refractivity contribution in [3.63, 3.8) is 0 Å². The van der Waals surface area contributed by atoms with Crippen LogP contribution in [0.15, 0.2) is 51.8 Å². The standard InChI is InChI=1S/C15H16N4O3/c1-9(2)8-22-14(21)11-4-6-12(7-5-11)16-15-17-13(20)10(3)18-19-15/h4-7,9H,3,8H2,1-2H3,(H,16,17,20). The SMILES string of the molecule is C=C1N=NC(=Nc2ccc(C(=O)OCC(C)C)cc2)NC1=O. The molecule has 0 atom stereocenters. The van der Waals surface area contributed by atoms with Crippen LogP contribution in [0.1, 0.15) is 24.2 Å². The normalized spacial score (nSPS) is 16.0. The van der Waals surface area contributed by atoms with E-state index in [1.165, 1.54) is 0 Å². The fourth-order valence-corrected chi connectivity index (χ4v) is 1.52. The molecule has 0 saturated carbocycles. The Labute approximate surface area is 127 Å². The van der Waals surface area contributed by atoms with E-state index in [0.717, 1.165) is 0 Å². The number of azo groups is 1. The minimum absolute atomic E-state index is 0.0298. The van der Waals surface area contributed by atoms with E-state index in [2.05, 4.69) is 27.1 Å². The number of benzene rings is 1. The Hall–Kier alpha value is -2.83. The molecule has 0 saturated heterocycles. The zero-order valence-electron chi connectivity index (χ0n) is 12.4. The third-order valence-corrected chi connectivity index (χ3v) is 2.64. The van der Waals surface area contributed by atoms with Gasteiger partial charge in [0.1, 0.15) is 5.70 Å². The number of nitrogens with one attached hydrogen (secondary N) is 1. The number of hydrogen-bond acceptors (Lipinski definition) is 5. The van der Waals surface area contributed by atoms with Crippen molar-refractivity contribution in [1.29, 1.82) is 0 Å². The van der Waals surface area contributed by atoms with Crippen molar-refractivity contribution in [2.45, 2.75) is 13.8 Å². The van der Waals surface area contributed by atoms with Crippen LogP contribution in [0, 0.1) is 5.92 Å². The summed E-state index contributed by atoms with van der Waals surface area (Å²) in [7, 11) is 0. The van der Waals surface area contributed by atoms with Crippen molar-refractivity contribution in [2.24, 2.45) is 21.1 Å². The van der Waals surface area contributed by atoms with E-state index in [9.17, 15) is 9.59 Å². The zero-order valence-corrected chi connectivity index (χ0v) is 12.4. The molecule has 1 aromatic rings. The first-order chi connectivity index (χ1) is 10.5. The number of amides is 1. The van der Waals surface area contributed by atoms with Gasteiger partial charge in [-0.05, 0) is 30.2 Å². The molecule has 1 aliphatic heterocycles. The van der Waals surface area contributed by atoms with Gasteiger partial charge in [-0.1, -0.05) is 20.4 Å². The Bertz CT molecular complexity index is 660. The number of carbonyl (C=O) groups excluding carboxylic acids is 2. The topological polar surface area (TPSA) is 92.5 Å². The van der Waals surface area contributed by atoms with Crippen LogP contribution in [0.4, 0.5) is 5.69 Å². The average Bonchev–Trinajstić information content (AvgIpc) is 2.49. The Morgan fingerprint density at radius 1 is 1.32 bits per heavy atom. The van der Waals surface area contributed by atoms with Crippen molar-refractivity contribution in [3.05, 3.63) is 42.1 Å². The van der Waals surface area contributed by atoms with Crippen LogP contribution in [0.5, 0.6) is 0 Å². The van der Waals surface area contributed by atoms with Crippen LogP contribution in [-0.4, -0.2) is 24.4 Å². The molecule has 1 heterocycles. The number of aliphatic imine (C=N–C) groups is 1. The summed E-state index contributed by atoms with van der Waals surface area (Å²) in [5.74, 6) is -0.463. The lowest BCUT2D eigenvalue weighted by atomic mass is 10.2. The lowest BCUT2D eigenvalue weighted by Gasteiger charge is -2.08. The highest BCUT2D eigenvalue weighted by Crippen LogP contribution is 2.15. The molecular formula is C15H16N4O3. The third-order valence-electron chi connectivity index (χ3n) is 2.64. The minimum Gasteiger partial charge on any atom is -0.462 e. The fourth-order valence-electron chi connectivity index (χ4n) is 1.52. The van der Waals surface area contributed by atoms with Crippen LogP contribution >= 0.6 is 0 Å². The van der Waals surface area contributed by atoms with E-state index in [0.29, 0.717) is 17.9 Å². The van der Waals surface area contributed by atoms with Gasteiger partial charge in [-0.3, -0.25) is 10.1 Å². The first-order valence-electron chi connectivity index (χ1n) is 6.73. The van der Waals surface area contributed by atoms with E-state index >= 15 is 0 Å². The second kappa shape index (κ2) is 6.75. The van der Waals surface area contributed by atoms with E-state index in [1.54, 1.807) is 24.3 Å². The van der Waals surface area contributed by atoms with E-state index in [1.807, 2.05) is 13.8 Å². The van der Waals surface area contributed by atoms with Crippen molar-refractivity contribution in [1.82, 2.24) is 5.32 Å². The number of hydrogen-bond donors (Lipinski definition) is 1. The van der Waals surface area contributed by atoms with Gasteiger partial charge in [-0.25, -0.2) is 9.79 Å². The third kappa shape index (κ3) is 4.08. The summed E-state index contributed by atoms with van der Waals surface area (Å²) in [6.45, 7) is 7.73. The van der Waals surface area contributed by atoms with Gasteiger partial charge < -0.3 is 4.74 Å². The van der Waals surface area contributed by atoms with E-state index in [-0.39, 0.29) is 23.5 Å². The number of nitrogens with zero attached hydrogens (tertiary/aromatic N) is 3. The molecule has 1 amide bonds. The minimum atomic E-state index is -0.442. The van der Waals surface area contributed by atoms with Gasteiger partial charge in [0.25, 0.3) is 5.91 Å². The highest BCUT2D eigenvalue weighted by molar-refractivity contribution is 6.07. The summed E-state index contributed by atoms with van der Waals surface area (Å²) in [6.07, 6.45) is 0. The molecule has 114 valence electrons. The largest absolute Gasteiger partial charge is 0.462 e. The fraction of sp³-hybridized carbons (Fsp3) is 0.267. The molecule has 22 heavy (non-hydrogen) atoms. The number of ether oxygens (including phenoxy) is 1. The van der Waals surface area contributed by atoms with E-state index in [4.69, 9.17) is 4.74 Å². The highest BCUT2D eigenvalue weighted by atomic mass is 16.5. The van der Waals surface area contributed by atoms with Crippen molar-refractivity contribution < 1.29 is 14.3 Å². The molecule has 2 rings (SSSR count). The average molecular weight is 300 g/mol. The number of guanidine groups is 1. The molecule has 0 aromatic heterocycles. The van der Waals surface area contributed by atoms with E-state index < -0.39 is 5.91 Å². The lowest BCUT2D eigenvalue weighted by Crippen LogP contribution is -2.32. The predicted molar refractivity (Wildman–Crippen MR) is 80.8 cm³/mol. The summed E-state index contributed by atoms with van der Waals surface area (Å²) in [6, 6.07) is 6.46. The highest BCUT2D eigenvalue weighted by Gasteiger charge is 2.15. The van der Waals surface area contributed by atoms with Gasteiger partial charge in [0.15, 0.2) is 0 Å². The molecule has 7 nitrogen and oxygen atoms in total. The van der Waals surface area contributed by atoms with Crippen LogP contribution in [0.2, 0.25) is 0 Å². The van der Waals surface area contributed by atoms with Gasteiger partial charge in [0.2, 0.25) is 5.96 Å². The monoisotopic (exact) mass is 300 g/mol. The number of rotatable bonds is 4. The quantitative estimate of drug-likeness (QED) is 0.684. The maximum absolute atomic E-state index is 11.8. The van der Waals surface area contributed by atoms with Gasteiger partial charge in [0.05, 0.1) is 17.9 Å². The second-order valence-corrected chi connectivity index (χ2v) is 5.08. The molecule has 0 radical (unpaired) electrons. The maximum Gasteiger partial charge on any atom is 0.338 e. The zero-order chi connectivity index (χ0) is 16.1. The van der Waals surface area contributed by atoms with Crippen molar-refractivity contribution in [2.75, 3.05) is 6.61 Å². The molecule has 0 fully saturated rings. The lowest BCUT2D eigenvalue weighted by molar-refractivity contribution is -0.116. The number of carbonyl (C=O) groups is 2. The molecule has 0 unspecified atom stereocenters. The Balaban J connectivity index is 2.06. The molecule has 1 aliphatic rings. The Morgan fingerprint density at radius 2 is 2.00 bits per heavy atom. The Kier molecular flexibility index (Phi) is 4.77. The Morgan fingerprint density at radius 3 is 2.59 bits per heavy atom. The molecule has 0 aliphatic carbocycles.